The number of carbonyl (C=O) groups is 1. The Morgan fingerprint density at radius 2 is 2.08 bits per heavy atom. The van der Waals surface area contributed by atoms with Crippen molar-refractivity contribution in [1.29, 1.82) is 5.26 Å². The van der Waals surface area contributed by atoms with E-state index < -0.39 is 5.91 Å². The van der Waals surface area contributed by atoms with Crippen LogP contribution >= 0.6 is 15.9 Å². The van der Waals surface area contributed by atoms with Crippen LogP contribution in [0.3, 0.4) is 0 Å². The molecule has 0 atom stereocenters. The number of halogens is 1. The molecule has 0 heterocycles. The Bertz CT molecular complexity index is 827. The number of amides is 1. The van der Waals surface area contributed by atoms with Gasteiger partial charge in [0.1, 0.15) is 11.6 Å². The van der Waals surface area contributed by atoms with Crippen molar-refractivity contribution < 1.29 is 14.6 Å². The fourth-order valence-corrected chi connectivity index (χ4v) is 2.64. The van der Waals surface area contributed by atoms with E-state index >= 15 is 0 Å². The van der Waals surface area contributed by atoms with E-state index in [1.165, 1.54) is 19.3 Å². The summed E-state index contributed by atoms with van der Waals surface area (Å²) in [5, 5.41) is 21.7. The number of hydrogen-bond acceptors (Lipinski definition) is 4. The minimum absolute atomic E-state index is 0.0264. The lowest BCUT2D eigenvalue weighted by Gasteiger charge is -2.08. The van der Waals surface area contributed by atoms with Gasteiger partial charge in [0, 0.05) is 11.0 Å². The van der Waals surface area contributed by atoms with Crippen molar-refractivity contribution in [2.75, 3.05) is 13.7 Å². The summed E-state index contributed by atoms with van der Waals surface area (Å²) < 4.78 is 5.60. The largest absolute Gasteiger partial charge is 0.504 e. The summed E-state index contributed by atoms with van der Waals surface area (Å²) in [6, 6.07) is 14.7. The number of nitrogens with one attached hydrogen (secondary N) is 1. The monoisotopic (exact) mass is 400 g/mol. The number of methoxy groups -OCH3 is 1. The Morgan fingerprint density at radius 3 is 2.72 bits per heavy atom. The molecule has 0 aliphatic rings. The molecule has 0 radical (unpaired) electrons. The smallest absolute Gasteiger partial charge is 0.261 e. The molecule has 2 rings (SSSR count). The fraction of sp³-hybridized carbons (Fsp3) is 0.158. The van der Waals surface area contributed by atoms with E-state index in [0.29, 0.717) is 23.0 Å². The molecule has 25 heavy (non-hydrogen) atoms. The van der Waals surface area contributed by atoms with Gasteiger partial charge in [-0.05, 0) is 35.8 Å². The lowest BCUT2D eigenvalue weighted by atomic mass is 10.1. The lowest BCUT2D eigenvalue weighted by molar-refractivity contribution is -0.117. The number of carbonyl (C=O) groups excluding carboxylic acids is 1. The van der Waals surface area contributed by atoms with Crippen LogP contribution in [0.1, 0.15) is 11.1 Å². The zero-order chi connectivity index (χ0) is 18.2. The molecule has 0 saturated heterocycles. The maximum Gasteiger partial charge on any atom is 0.261 e. The second kappa shape index (κ2) is 8.90. The van der Waals surface area contributed by atoms with E-state index in [9.17, 15) is 15.2 Å². The van der Waals surface area contributed by atoms with E-state index in [4.69, 9.17) is 4.74 Å². The number of hydrogen-bond donors (Lipinski definition) is 2. The van der Waals surface area contributed by atoms with Gasteiger partial charge in [-0.2, -0.15) is 5.26 Å². The third-order valence-electron chi connectivity index (χ3n) is 3.51. The van der Waals surface area contributed by atoms with Gasteiger partial charge in [-0.15, -0.1) is 0 Å². The van der Waals surface area contributed by atoms with Crippen LogP contribution in [-0.4, -0.2) is 24.7 Å². The summed E-state index contributed by atoms with van der Waals surface area (Å²) in [4.78, 5) is 12.2. The molecular weight excluding hydrogens is 384 g/mol. The molecule has 2 aromatic rings. The van der Waals surface area contributed by atoms with Crippen LogP contribution in [0.4, 0.5) is 0 Å². The van der Waals surface area contributed by atoms with Gasteiger partial charge in [-0.25, -0.2) is 0 Å². The third-order valence-corrected chi connectivity index (χ3v) is 4.19. The van der Waals surface area contributed by atoms with Crippen LogP contribution in [0, 0.1) is 11.3 Å². The lowest BCUT2D eigenvalue weighted by Crippen LogP contribution is -2.26. The molecule has 0 aromatic heterocycles. The number of ether oxygens (including phenoxy) is 1. The Morgan fingerprint density at radius 1 is 1.36 bits per heavy atom. The molecule has 2 aromatic carbocycles. The average molecular weight is 401 g/mol. The van der Waals surface area contributed by atoms with Crippen LogP contribution in [-0.2, 0) is 11.2 Å². The summed E-state index contributed by atoms with van der Waals surface area (Å²) in [7, 11) is 1.43. The number of rotatable bonds is 6. The Kier molecular flexibility index (Phi) is 6.61. The molecule has 1 amide bonds. The second-order valence-corrected chi connectivity index (χ2v) is 6.06. The molecule has 5 nitrogen and oxygen atoms in total. The highest BCUT2D eigenvalue weighted by Gasteiger charge is 2.12. The van der Waals surface area contributed by atoms with Crippen molar-refractivity contribution in [3.05, 3.63) is 63.6 Å². The highest BCUT2D eigenvalue weighted by molar-refractivity contribution is 9.10. The zero-order valence-electron chi connectivity index (χ0n) is 13.6. The number of phenols is 1. The van der Waals surface area contributed by atoms with Crippen molar-refractivity contribution in [1.82, 2.24) is 5.32 Å². The Balaban J connectivity index is 2.09. The van der Waals surface area contributed by atoms with E-state index in [-0.39, 0.29) is 17.1 Å². The van der Waals surface area contributed by atoms with Gasteiger partial charge < -0.3 is 15.2 Å². The maximum absolute atomic E-state index is 12.2. The van der Waals surface area contributed by atoms with E-state index in [2.05, 4.69) is 21.2 Å². The summed E-state index contributed by atoms with van der Waals surface area (Å²) in [5.74, 6) is -0.217. The van der Waals surface area contributed by atoms with Crippen LogP contribution < -0.4 is 10.1 Å². The van der Waals surface area contributed by atoms with Crippen molar-refractivity contribution in [3.63, 3.8) is 0 Å². The Hall–Kier alpha value is -2.78. The second-order valence-electron chi connectivity index (χ2n) is 5.21. The standard InChI is InChI=1S/C19H17BrN2O3/c1-25-18-10-14(16(20)11-17(18)23)9-15(12-21)19(24)22-8-7-13-5-3-2-4-6-13/h2-6,9-11,23H,7-8H2,1H3,(H,22,24). The first kappa shape index (κ1) is 18.6. The maximum atomic E-state index is 12.2. The molecule has 0 unspecified atom stereocenters. The molecule has 0 spiro atoms. The van der Waals surface area contributed by atoms with Crippen LogP contribution in [0.5, 0.6) is 11.5 Å². The highest BCUT2D eigenvalue weighted by atomic mass is 79.9. The molecule has 0 aliphatic heterocycles. The first-order valence-corrected chi connectivity index (χ1v) is 8.35. The summed E-state index contributed by atoms with van der Waals surface area (Å²) in [6.45, 7) is 0.432. The predicted octanol–water partition coefficient (Wildman–Crippen LogP) is 3.43. The van der Waals surface area contributed by atoms with Gasteiger partial charge in [-0.1, -0.05) is 46.3 Å². The van der Waals surface area contributed by atoms with Crippen LogP contribution in [0.15, 0.2) is 52.5 Å². The van der Waals surface area contributed by atoms with Gasteiger partial charge in [-0.3, -0.25) is 4.79 Å². The number of nitrogens with zero attached hydrogens (tertiary/aromatic N) is 1. The Labute approximate surface area is 154 Å². The molecule has 0 bridgehead atoms. The van der Waals surface area contributed by atoms with E-state index in [0.717, 1.165) is 5.56 Å². The van der Waals surface area contributed by atoms with Gasteiger partial charge in [0.25, 0.3) is 5.91 Å². The van der Waals surface area contributed by atoms with E-state index in [1.807, 2.05) is 36.4 Å². The highest BCUT2D eigenvalue weighted by Crippen LogP contribution is 2.33. The van der Waals surface area contributed by atoms with Crippen molar-refractivity contribution in [2.24, 2.45) is 0 Å². The summed E-state index contributed by atoms with van der Waals surface area (Å²) in [6.07, 6.45) is 2.13. The first-order valence-electron chi connectivity index (χ1n) is 7.55. The fourth-order valence-electron chi connectivity index (χ4n) is 2.20. The number of benzene rings is 2. The van der Waals surface area contributed by atoms with Gasteiger partial charge in [0.15, 0.2) is 11.5 Å². The zero-order valence-corrected chi connectivity index (χ0v) is 15.2. The van der Waals surface area contributed by atoms with Gasteiger partial charge in [0.2, 0.25) is 0 Å². The number of phenolic OH excluding ortho intramolecular Hbond substituents is 1. The predicted molar refractivity (Wildman–Crippen MR) is 99.1 cm³/mol. The first-order chi connectivity index (χ1) is 12.0. The third kappa shape index (κ3) is 5.10. The van der Waals surface area contributed by atoms with Crippen molar-refractivity contribution >= 4 is 27.9 Å². The molecule has 2 N–H and O–H groups in total. The average Bonchev–Trinajstić information content (AvgIpc) is 2.62. The van der Waals surface area contributed by atoms with Crippen LogP contribution in [0.2, 0.25) is 0 Å². The molecular formula is C19H17BrN2O3. The van der Waals surface area contributed by atoms with Crippen LogP contribution in [0.25, 0.3) is 6.08 Å². The van der Waals surface area contributed by atoms with Crippen molar-refractivity contribution in [3.8, 4) is 17.6 Å². The molecule has 0 aliphatic carbocycles. The molecule has 0 saturated carbocycles. The van der Waals surface area contributed by atoms with E-state index in [1.54, 1.807) is 6.07 Å². The minimum atomic E-state index is -0.447. The molecule has 128 valence electrons. The molecule has 6 heteroatoms. The normalized spacial score (nSPS) is 10.8. The minimum Gasteiger partial charge on any atom is -0.504 e. The van der Waals surface area contributed by atoms with Gasteiger partial charge in [0.05, 0.1) is 7.11 Å². The van der Waals surface area contributed by atoms with Crippen molar-refractivity contribution in [2.45, 2.75) is 6.42 Å². The summed E-state index contributed by atoms with van der Waals surface area (Å²) >= 11 is 3.30. The summed E-state index contributed by atoms with van der Waals surface area (Å²) in [5.41, 5.74) is 1.64. The molecule has 0 fully saturated rings. The topological polar surface area (TPSA) is 82.3 Å². The quantitative estimate of drug-likeness (QED) is 0.574. The number of nitriles is 1. The SMILES string of the molecule is COc1cc(C=C(C#N)C(=O)NCCc2ccccc2)c(Br)cc1O. The van der Waals surface area contributed by atoms with Gasteiger partial charge >= 0.3 is 0 Å². The number of aromatic hydroxyl groups is 1.